The third-order valence-electron chi connectivity index (χ3n) is 1.73. The number of ether oxygens (including phenoxy) is 1. The van der Waals surface area contributed by atoms with Crippen molar-refractivity contribution in [3.05, 3.63) is 28.2 Å². The van der Waals surface area contributed by atoms with Crippen molar-refractivity contribution >= 4 is 15.9 Å². The van der Waals surface area contributed by atoms with E-state index < -0.39 is 0 Å². The maximum absolute atomic E-state index is 9.15. The number of hydrogen-bond donors (Lipinski definition) is 2. The monoisotopic (exact) mass is 245 g/mol. The zero-order chi connectivity index (χ0) is 9.84. The molecule has 0 radical (unpaired) electrons. The van der Waals surface area contributed by atoms with E-state index in [0.29, 0.717) is 6.61 Å². The van der Waals surface area contributed by atoms with Gasteiger partial charge in [0.05, 0.1) is 12.6 Å². The third-order valence-corrected chi connectivity index (χ3v) is 2.42. The second kappa shape index (κ2) is 4.60. The molecule has 0 saturated heterocycles. The van der Waals surface area contributed by atoms with Gasteiger partial charge in [-0.25, -0.2) is 0 Å². The third kappa shape index (κ3) is 2.69. The Bertz CT molecular complexity index is 291. The Hall–Kier alpha value is -0.580. The van der Waals surface area contributed by atoms with Gasteiger partial charge in [0, 0.05) is 11.6 Å². The van der Waals surface area contributed by atoms with Gasteiger partial charge in [0.15, 0.2) is 0 Å². The molecule has 0 spiro atoms. The average molecular weight is 246 g/mol. The predicted octanol–water partition coefficient (Wildman–Crippen LogP) is 1.80. The number of benzene rings is 1. The fourth-order valence-electron chi connectivity index (χ4n) is 1.09. The molecule has 0 fully saturated rings. The van der Waals surface area contributed by atoms with E-state index in [-0.39, 0.29) is 11.8 Å². The van der Waals surface area contributed by atoms with Crippen LogP contribution in [-0.4, -0.2) is 18.8 Å². The van der Waals surface area contributed by atoms with Crippen LogP contribution in [0.3, 0.4) is 0 Å². The van der Waals surface area contributed by atoms with E-state index in [1.54, 1.807) is 25.3 Å². The van der Waals surface area contributed by atoms with Gasteiger partial charge in [0.25, 0.3) is 0 Å². The molecular weight excluding hydrogens is 234 g/mol. The van der Waals surface area contributed by atoms with Crippen molar-refractivity contribution in [2.24, 2.45) is 5.73 Å². The van der Waals surface area contributed by atoms with Crippen LogP contribution in [0.5, 0.6) is 5.75 Å². The van der Waals surface area contributed by atoms with E-state index in [2.05, 4.69) is 15.9 Å². The first-order chi connectivity index (χ1) is 6.15. The highest BCUT2D eigenvalue weighted by Crippen LogP contribution is 2.26. The van der Waals surface area contributed by atoms with E-state index in [1.165, 1.54) is 0 Å². The Labute approximate surface area is 85.6 Å². The van der Waals surface area contributed by atoms with Gasteiger partial charge in [0.2, 0.25) is 0 Å². The van der Waals surface area contributed by atoms with Crippen molar-refractivity contribution in [2.75, 3.05) is 13.7 Å². The van der Waals surface area contributed by atoms with Gasteiger partial charge < -0.3 is 15.6 Å². The number of phenols is 1. The van der Waals surface area contributed by atoms with Gasteiger partial charge in [-0.15, -0.1) is 0 Å². The minimum absolute atomic E-state index is 0.167. The minimum atomic E-state index is -0.167. The molecule has 0 aliphatic heterocycles. The molecule has 3 N–H and O–H groups in total. The van der Waals surface area contributed by atoms with Gasteiger partial charge >= 0.3 is 0 Å². The fourth-order valence-corrected chi connectivity index (χ4v) is 1.75. The summed E-state index contributed by atoms with van der Waals surface area (Å²) < 4.78 is 5.74. The van der Waals surface area contributed by atoms with Crippen molar-refractivity contribution in [1.29, 1.82) is 0 Å². The van der Waals surface area contributed by atoms with Gasteiger partial charge in [-0.05, 0) is 17.7 Å². The summed E-state index contributed by atoms with van der Waals surface area (Å²) in [5.41, 5.74) is 6.75. The van der Waals surface area contributed by atoms with Gasteiger partial charge in [-0.2, -0.15) is 0 Å². The zero-order valence-corrected chi connectivity index (χ0v) is 8.91. The number of halogens is 1. The topological polar surface area (TPSA) is 55.5 Å². The Morgan fingerprint density at radius 2 is 2.31 bits per heavy atom. The van der Waals surface area contributed by atoms with Crippen LogP contribution in [0.4, 0.5) is 0 Å². The van der Waals surface area contributed by atoms with Gasteiger partial charge in [0.1, 0.15) is 5.75 Å². The SMILES string of the molecule is COCC(N)c1ccc(O)cc1Br. The van der Waals surface area contributed by atoms with Gasteiger partial charge in [-0.1, -0.05) is 22.0 Å². The average Bonchev–Trinajstić information content (AvgIpc) is 2.04. The summed E-state index contributed by atoms with van der Waals surface area (Å²) >= 11 is 3.32. The molecule has 1 aromatic rings. The molecular formula is C9H12BrNO2. The van der Waals surface area contributed by atoms with Crippen molar-refractivity contribution in [1.82, 2.24) is 0 Å². The van der Waals surface area contributed by atoms with Crippen molar-refractivity contribution in [3.63, 3.8) is 0 Å². The first kappa shape index (κ1) is 10.5. The smallest absolute Gasteiger partial charge is 0.116 e. The second-order valence-electron chi connectivity index (χ2n) is 2.77. The molecule has 1 aromatic carbocycles. The summed E-state index contributed by atoms with van der Waals surface area (Å²) in [6.45, 7) is 0.462. The standard InChI is InChI=1S/C9H12BrNO2/c1-13-5-9(11)7-3-2-6(12)4-8(7)10/h2-4,9,12H,5,11H2,1H3. The second-order valence-corrected chi connectivity index (χ2v) is 3.62. The number of aromatic hydroxyl groups is 1. The zero-order valence-electron chi connectivity index (χ0n) is 7.33. The molecule has 1 unspecified atom stereocenters. The molecule has 0 bridgehead atoms. The Kier molecular flexibility index (Phi) is 3.71. The first-order valence-corrected chi connectivity index (χ1v) is 4.67. The normalized spacial score (nSPS) is 12.8. The number of phenolic OH excluding ortho intramolecular Hbond substituents is 1. The molecule has 72 valence electrons. The van der Waals surface area contributed by atoms with Crippen molar-refractivity contribution < 1.29 is 9.84 Å². The summed E-state index contributed by atoms with van der Waals surface area (Å²) in [6, 6.07) is 4.84. The molecule has 1 rings (SSSR count). The molecule has 13 heavy (non-hydrogen) atoms. The largest absolute Gasteiger partial charge is 0.508 e. The summed E-state index contributed by atoms with van der Waals surface area (Å²) in [4.78, 5) is 0. The van der Waals surface area contributed by atoms with Crippen LogP contribution in [0.15, 0.2) is 22.7 Å². The highest BCUT2D eigenvalue weighted by atomic mass is 79.9. The van der Waals surface area contributed by atoms with Crippen LogP contribution in [0.1, 0.15) is 11.6 Å². The molecule has 0 aliphatic carbocycles. The minimum Gasteiger partial charge on any atom is -0.508 e. The molecule has 3 nitrogen and oxygen atoms in total. The van der Waals surface area contributed by atoms with E-state index in [4.69, 9.17) is 15.6 Å². The lowest BCUT2D eigenvalue weighted by Crippen LogP contribution is -2.16. The van der Waals surface area contributed by atoms with Crippen molar-refractivity contribution in [2.45, 2.75) is 6.04 Å². The molecule has 0 amide bonds. The summed E-state index contributed by atoms with van der Waals surface area (Å²) in [5.74, 6) is 0.222. The summed E-state index contributed by atoms with van der Waals surface area (Å²) in [7, 11) is 1.61. The molecule has 1 atom stereocenters. The number of nitrogens with two attached hydrogens (primary N) is 1. The maximum atomic E-state index is 9.15. The summed E-state index contributed by atoms with van der Waals surface area (Å²) in [5, 5.41) is 9.15. The van der Waals surface area contributed by atoms with Crippen LogP contribution in [0.25, 0.3) is 0 Å². The molecule has 0 heterocycles. The lowest BCUT2D eigenvalue weighted by molar-refractivity contribution is 0.180. The number of methoxy groups -OCH3 is 1. The van der Waals surface area contributed by atoms with Crippen LogP contribution in [0, 0.1) is 0 Å². The molecule has 0 aromatic heterocycles. The Morgan fingerprint density at radius 3 is 2.85 bits per heavy atom. The van der Waals surface area contributed by atoms with E-state index in [9.17, 15) is 0 Å². The predicted molar refractivity (Wildman–Crippen MR) is 54.6 cm³/mol. The summed E-state index contributed by atoms with van der Waals surface area (Å²) in [6.07, 6.45) is 0. The fraction of sp³-hybridized carbons (Fsp3) is 0.333. The van der Waals surface area contributed by atoms with E-state index >= 15 is 0 Å². The van der Waals surface area contributed by atoms with Crippen molar-refractivity contribution in [3.8, 4) is 5.75 Å². The van der Waals surface area contributed by atoms with E-state index in [0.717, 1.165) is 10.0 Å². The van der Waals surface area contributed by atoms with Crippen LogP contribution in [0.2, 0.25) is 0 Å². The quantitative estimate of drug-likeness (QED) is 0.854. The lowest BCUT2D eigenvalue weighted by Gasteiger charge is -2.12. The highest BCUT2D eigenvalue weighted by molar-refractivity contribution is 9.10. The molecule has 0 saturated carbocycles. The maximum Gasteiger partial charge on any atom is 0.116 e. The molecule has 0 aliphatic rings. The van der Waals surface area contributed by atoms with Crippen LogP contribution >= 0.6 is 15.9 Å². The lowest BCUT2D eigenvalue weighted by atomic mass is 10.1. The van der Waals surface area contributed by atoms with E-state index in [1.807, 2.05) is 0 Å². The number of rotatable bonds is 3. The first-order valence-electron chi connectivity index (χ1n) is 3.88. The van der Waals surface area contributed by atoms with Crippen LogP contribution < -0.4 is 5.73 Å². The Morgan fingerprint density at radius 1 is 1.62 bits per heavy atom. The van der Waals surface area contributed by atoms with Gasteiger partial charge in [-0.3, -0.25) is 0 Å². The highest BCUT2D eigenvalue weighted by Gasteiger charge is 2.09. The molecule has 4 heteroatoms. The van der Waals surface area contributed by atoms with Crippen LogP contribution in [-0.2, 0) is 4.74 Å². The Balaban J connectivity index is 2.88. The number of hydrogen-bond acceptors (Lipinski definition) is 3.